The van der Waals surface area contributed by atoms with Crippen molar-refractivity contribution in [2.24, 2.45) is 0 Å². The van der Waals surface area contributed by atoms with E-state index >= 15 is 0 Å². The van der Waals surface area contributed by atoms with Gasteiger partial charge in [0.15, 0.2) is 0 Å². The second-order valence-electron chi connectivity index (χ2n) is 6.05. The van der Waals surface area contributed by atoms with E-state index in [0.717, 1.165) is 43.9 Å². The smallest absolute Gasteiger partial charge is 0.220 e. The molecule has 134 valence electrons. The minimum absolute atomic E-state index is 0.0969. The van der Waals surface area contributed by atoms with Crippen LogP contribution >= 0.6 is 11.6 Å². The number of carbonyl (C=O) groups is 1. The molecular formula is C21H26ClNO2. The molecule has 0 aromatic heterocycles. The average Bonchev–Trinajstić information content (AvgIpc) is 3.12. The molecule has 1 aliphatic rings. The summed E-state index contributed by atoms with van der Waals surface area (Å²) < 4.78 is 5.98. The van der Waals surface area contributed by atoms with Crippen molar-refractivity contribution in [2.75, 3.05) is 13.2 Å². The molecule has 25 heavy (non-hydrogen) atoms. The molecule has 0 aliphatic carbocycles. The number of carbonyl (C=O) groups excluding carboxylic acids is 1. The van der Waals surface area contributed by atoms with E-state index in [9.17, 15) is 4.79 Å². The topological polar surface area (TPSA) is 38.3 Å². The van der Waals surface area contributed by atoms with Gasteiger partial charge in [-0.15, -0.1) is 0 Å². The lowest BCUT2D eigenvalue weighted by molar-refractivity contribution is -0.119. The van der Waals surface area contributed by atoms with Gasteiger partial charge in [0, 0.05) is 31.0 Å². The van der Waals surface area contributed by atoms with Gasteiger partial charge in [-0.05, 0) is 36.1 Å². The minimum atomic E-state index is 0.0969. The summed E-state index contributed by atoms with van der Waals surface area (Å²) in [5, 5.41) is 3.44. The highest BCUT2D eigenvalue weighted by atomic mass is 35.5. The second-order valence-corrected chi connectivity index (χ2v) is 6.49. The number of amides is 1. The van der Waals surface area contributed by atoms with E-state index < -0.39 is 0 Å². The molecule has 1 amide bonds. The van der Waals surface area contributed by atoms with Crippen molar-refractivity contribution in [3.63, 3.8) is 0 Å². The Morgan fingerprint density at radius 1 is 1.12 bits per heavy atom. The molecule has 1 heterocycles. The van der Waals surface area contributed by atoms with Crippen LogP contribution in [0.15, 0.2) is 54.6 Å². The predicted octanol–water partition coefficient (Wildman–Crippen LogP) is 4.95. The van der Waals surface area contributed by atoms with Crippen LogP contribution in [0.2, 0.25) is 5.02 Å². The number of ether oxygens (including phenoxy) is 1. The number of benzene rings is 2. The summed E-state index contributed by atoms with van der Waals surface area (Å²) in [6.45, 7) is 3.79. The van der Waals surface area contributed by atoms with Crippen molar-refractivity contribution < 1.29 is 9.53 Å². The number of hydrogen-bond donors (Lipinski definition) is 1. The van der Waals surface area contributed by atoms with Crippen molar-refractivity contribution in [2.45, 2.75) is 38.7 Å². The Balaban J connectivity index is 0.000000316. The highest BCUT2D eigenvalue weighted by Gasteiger charge is 2.12. The Morgan fingerprint density at radius 3 is 2.36 bits per heavy atom. The van der Waals surface area contributed by atoms with Crippen LogP contribution in [-0.4, -0.2) is 19.1 Å². The molecule has 4 heteroatoms. The lowest BCUT2D eigenvalue weighted by atomic mass is 10.0. The van der Waals surface area contributed by atoms with Crippen molar-refractivity contribution in [3.05, 3.63) is 70.7 Å². The summed E-state index contributed by atoms with van der Waals surface area (Å²) in [5.74, 6) is 0.204. The van der Waals surface area contributed by atoms with Gasteiger partial charge in [-0.1, -0.05) is 61.0 Å². The maximum absolute atomic E-state index is 10.1. The highest BCUT2D eigenvalue weighted by molar-refractivity contribution is 6.30. The normalized spacial score (nSPS) is 14.4. The lowest BCUT2D eigenvalue weighted by Gasteiger charge is -2.18. The molecule has 3 rings (SSSR count). The molecule has 0 unspecified atom stereocenters. The van der Waals surface area contributed by atoms with Crippen LogP contribution in [0.25, 0.3) is 0 Å². The zero-order valence-electron chi connectivity index (χ0n) is 14.7. The molecular weight excluding hydrogens is 334 g/mol. The van der Waals surface area contributed by atoms with Gasteiger partial charge >= 0.3 is 0 Å². The van der Waals surface area contributed by atoms with Crippen molar-refractivity contribution in [1.82, 2.24) is 5.32 Å². The van der Waals surface area contributed by atoms with E-state index in [4.69, 9.17) is 16.3 Å². The van der Waals surface area contributed by atoms with Crippen LogP contribution in [0.5, 0.6) is 0 Å². The Kier molecular flexibility index (Phi) is 8.50. The van der Waals surface area contributed by atoms with Gasteiger partial charge in [0.05, 0.1) is 6.10 Å². The zero-order valence-corrected chi connectivity index (χ0v) is 15.5. The molecule has 3 nitrogen and oxygen atoms in total. The number of rotatable bonds is 6. The predicted molar refractivity (Wildman–Crippen MR) is 103 cm³/mol. The van der Waals surface area contributed by atoms with Gasteiger partial charge in [-0.3, -0.25) is 4.79 Å². The fraction of sp³-hybridized carbons (Fsp3) is 0.381. The summed E-state index contributed by atoms with van der Waals surface area (Å²) >= 11 is 5.94. The summed E-state index contributed by atoms with van der Waals surface area (Å²) in [4.78, 5) is 10.1. The van der Waals surface area contributed by atoms with E-state index in [-0.39, 0.29) is 12.0 Å². The quantitative estimate of drug-likeness (QED) is 0.792. The van der Waals surface area contributed by atoms with E-state index in [1.165, 1.54) is 11.1 Å². The van der Waals surface area contributed by atoms with Crippen LogP contribution in [0, 0.1) is 0 Å². The summed E-state index contributed by atoms with van der Waals surface area (Å²) in [6, 6.07) is 18.4. The second kappa shape index (κ2) is 10.9. The molecule has 2 aromatic carbocycles. The third kappa shape index (κ3) is 7.29. The maximum Gasteiger partial charge on any atom is 0.220 e. The standard InChI is InChI=1S/C17H19ClO.C4H7NO/c1-2-12-19-17(13-14-6-4-3-5-7-14)15-8-10-16(18)11-9-15;6-4-2-1-3-5-4/h3-11,17H,2,12-13H2,1H3;1-3H2,(H,5,6)/t17-;/m0./s1. The molecule has 0 radical (unpaired) electrons. The van der Waals surface area contributed by atoms with Crippen molar-refractivity contribution in [3.8, 4) is 0 Å². The van der Waals surface area contributed by atoms with E-state index in [2.05, 4.69) is 36.5 Å². The fourth-order valence-electron chi connectivity index (χ4n) is 2.60. The van der Waals surface area contributed by atoms with Crippen LogP contribution in [0.4, 0.5) is 0 Å². The monoisotopic (exact) mass is 359 g/mol. The number of halogens is 1. The largest absolute Gasteiger partial charge is 0.373 e. The highest BCUT2D eigenvalue weighted by Crippen LogP contribution is 2.24. The Labute approximate surface area is 155 Å². The first-order valence-electron chi connectivity index (χ1n) is 8.86. The lowest BCUT2D eigenvalue weighted by Crippen LogP contribution is -2.12. The van der Waals surface area contributed by atoms with E-state index in [0.29, 0.717) is 0 Å². The summed E-state index contributed by atoms with van der Waals surface area (Å²) in [6.07, 6.45) is 3.78. The Bertz CT molecular complexity index is 620. The SMILES string of the molecule is CCCO[C@@H](Cc1ccccc1)c1ccc(Cl)cc1.O=C1CCCN1. The molecule has 1 fully saturated rings. The molecule has 1 aliphatic heterocycles. The minimum Gasteiger partial charge on any atom is -0.373 e. The summed E-state index contributed by atoms with van der Waals surface area (Å²) in [5.41, 5.74) is 2.47. The summed E-state index contributed by atoms with van der Waals surface area (Å²) in [7, 11) is 0. The molecule has 0 spiro atoms. The molecule has 0 saturated carbocycles. The van der Waals surface area contributed by atoms with Gasteiger partial charge in [0.25, 0.3) is 0 Å². The Hall–Kier alpha value is -1.84. The first kappa shape index (κ1) is 19.5. The number of hydrogen-bond acceptors (Lipinski definition) is 2. The number of nitrogens with one attached hydrogen (secondary N) is 1. The van der Waals surface area contributed by atoms with Gasteiger partial charge in [0.1, 0.15) is 0 Å². The fourth-order valence-corrected chi connectivity index (χ4v) is 2.73. The van der Waals surface area contributed by atoms with E-state index in [1.807, 2.05) is 30.3 Å². The van der Waals surface area contributed by atoms with E-state index in [1.54, 1.807) is 0 Å². The molecule has 0 bridgehead atoms. The third-order valence-corrected chi connectivity index (χ3v) is 4.18. The van der Waals surface area contributed by atoms with Crippen molar-refractivity contribution >= 4 is 17.5 Å². The molecule has 1 saturated heterocycles. The van der Waals surface area contributed by atoms with Gasteiger partial charge in [-0.2, -0.15) is 0 Å². The molecule has 1 atom stereocenters. The first-order valence-corrected chi connectivity index (χ1v) is 9.24. The van der Waals surface area contributed by atoms with Gasteiger partial charge in [0.2, 0.25) is 5.91 Å². The Morgan fingerprint density at radius 2 is 1.84 bits per heavy atom. The van der Waals surface area contributed by atoms with Crippen LogP contribution in [0.1, 0.15) is 43.4 Å². The maximum atomic E-state index is 10.1. The average molecular weight is 360 g/mol. The van der Waals surface area contributed by atoms with Crippen LogP contribution < -0.4 is 5.32 Å². The molecule has 1 N–H and O–H groups in total. The molecule has 2 aromatic rings. The van der Waals surface area contributed by atoms with Gasteiger partial charge in [-0.25, -0.2) is 0 Å². The first-order chi connectivity index (χ1) is 12.2. The zero-order chi connectivity index (χ0) is 17.9. The van der Waals surface area contributed by atoms with Crippen LogP contribution in [0.3, 0.4) is 0 Å². The van der Waals surface area contributed by atoms with Crippen molar-refractivity contribution in [1.29, 1.82) is 0 Å². The third-order valence-electron chi connectivity index (χ3n) is 3.93. The van der Waals surface area contributed by atoms with Gasteiger partial charge < -0.3 is 10.1 Å². The van der Waals surface area contributed by atoms with Crippen LogP contribution in [-0.2, 0) is 16.0 Å².